The minimum absolute atomic E-state index is 0.130. The number of rotatable bonds is 2. The smallest absolute Gasteiger partial charge is 0.267 e. The van der Waals surface area contributed by atoms with Crippen LogP contribution in [0.2, 0.25) is 0 Å². The molecule has 0 aliphatic carbocycles. The van der Waals surface area contributed by atoms with Crippen LogP contribution >= 0.6 is 27.3 Å². The molecule has 1 heterocycles. The second-order valence-electron chi connectivity index (χ2n) is 3.53. The van der Waals surface area contributed by atoms with E-state index < -0.39 is 17.6 Å². The fourth-order valence-electron chi connectivity index (χ4n) is 1.33. The maximum Gasteiger partial charge on any atom is 0.272 e. The lowest BCUT2D eigenvalue weighted by molar-refractivity contribution is 0.0844. The Hall–Kier alpha value is -1.73. The highest BCUT2D eigenvalue weighted by Gasteiger charge is 2.13. The first-order chi connectivity index (χ1) is 9.08. The van der Waals surface area contributed by atoms with Crippen molar-refractivity contribution in [3.05, 3.63) is 56.4 Å². The molecule has 0 saturated heterocycles. The summed E-state index contributed by atoms with van der Waals surface area (Å²) in [6.45, 7) is 0. The second-order valence-corrected chi connectivity index (χ2v) is 5.82. The maximum atomic E-state index is 13.3. The number of carbonyl (C=O) groups excluding carboxylic acids is 2. The minimum Gasteiger partial charge on any atom is -0.267 e. The van der Waals surface area contributed by atoms with Crippen LogP contribution in [0.4, 0.5) is 4.39 Å². The average Bonchev–Trinajstić information content (AvgIpc) is 2.83. The Bertz CT molecular complexity index is 630. The summed E-state index contributed by atoms with van der Waals surface area (Å²) < 4.78 is 14.1. The summed E-state index contributed by atoms with van der Waals surface area (Å²) in [5.74, 6) is -1.82. The fraction of sp³-hybridized carbons (Fsp3) is 0. The molecule has 0 bridgehead atoms. The first-order valence-corrected chi connectivity index (χ1v) is 6.84. The molecule has 0 spiro atoms. The van der Waals surface area contributed by atoms with Gasteiger partial charge in [0.2, 0.25) is 0 Å². The Morgan fingerprint density at radius 1 is 1.16 bits per heavy atom. The van der Waals surface area contributed by atoms with Crippen LogP contribution in [0.15, 0.2) is 39.5 Å². The average molecular weight is 343 g/mol. The summed E-state index contributed by atoms with van der Waals surface area (Å²) in [5, 5.41) is 1.63. The maximum absolute atomic E-state index is 13.3. The highest BCUT2D eigenvalue weighted by Crippen LogP contribution is 2.20. The van der Waals surface area contributed by atoms with Gasteiger partial charge in [0.1, 0.15) is 5.82 Å². The van der Waals surface area contributed by atoms with Gasteiger partial charge in [-0.1, -0.05) is 12.1 Å². The van der Waals surface area contributed by atoms with E-state index in [9.17, 15) is 14.0 Å². The molecule has 1 aromatic heterocycles. The Kier molecular flexibility index (Phi) is 4.28. The normalized spacial score (nSPS) is 10.0. The molecule has 0 fully saturated rings. The Morgan fingerprint density at radius 2 is 1.84 bits per heavy atom. The fourth-order valence-corrected chi connectivity index (χ4v) is 2.46. The predicted octanol–water partition coefficient (Wildman–Crippen LogP) is 2.72. The summed E-state index contributed by atoms with van der Waals surface area (Å²) in [4.78, 5) is 23.3. The zero-order valence-corrected chi connectivity index (χ0v) is 11.8. The van der Waals surface area contributed by atoms with Crippen molar-refractivity contribution in [1.29, 1.82) is 0 Å². The molecule has 19 heavy (non-hydrogen) atoms. The van der Waals surface area contributed by atoms with Crippen LogP contribution in [-0.2, 0) is 0 Å². The molecule has 0 unspecified atom stereocenters. The molecule has 2 rings (SSSR count). The van der Waals surface area contributed by atoms with E-state index in [4.69, 9.17) is 0 Å². The molecule has 2 amide bonds. The first kappa shape index (κ1) is 13.7. The lowest BCUT2D eigenvalue weighted by atomic mass is 10.2. The van der Waals surface area contributed by atoms with Crippen molar-refractivity contribution < 1.29 is 14.0 Å². The third kappa shape index (κ3) is 3.39. The molecule has 0 atom stereocenters. The minimum atomic E-state index is -0.708. The van der Waals surface area contributed by atoms with Crippen molar-refractivity contribution in [1.82, 2.24) is 10.9 Å². The molecule has 4 nitrogen and oxygen atoms in total. The summed E-state index contributed by atoms with van der Waals surface area (Å²) in [6, 6.07) is 7.14. The Morgan fingerprint density at radius 3 is 2.47 bits per heavy atom. The summed E-state index contributed by atoms with van der Waals surface area (Å²) in [7, 11) is 0. The van der Waals surface area contributed by atoms with Gasteiger partial charge in [-0.3, -0.25) is 20.4 Å². The van der Waals surface area contributed by atoms with Gasteiger partial charge in [0.25, 0.3) is 11.8 Å². The van der Waals surface area contributed by atoms with Crippen LogP contribution in [0.25, 0.3) is 0 Å². The van der Waals surface area contributed by atoms with Crippen LogP contribution in [0.1, 0.15) is 20.7 Å². The van der Waals surface area contributed by atoms with Gasteiger partial charge in [-0.25, -0.2) is 4.39 Å². The van der Waals surface area contributed by atoms with Gasteiger partial charge in [-0.15, -0.1) is 11.3 Å². The SMILES string of the molecule is O=C(NNC(=O)c1ccccc1F)c1csc(Br)c1. The molecule has 2 N–H and O–H groups in total. The zero-order chi connectivity index (χ0) is 13.8. The molecule has 1 aromatic carbocycles. The van der Waals surface area contributed by atoms with Gasteiger partial charge in [-0.05, 0) is 34.1 Å². The number of carbonyl (C=O) groups is 2. The van der Waals surface area contributed by atoms with Gasteiger partial charge in [0.05, 0.1) is 14.9 Å². The number of amides is 2. The lowest BCUT2D eigenvalue weighted by Crippen LogP contribution is -2.41. The standard InChI is InChI=1S/C12H8BrFN2O2S/c13-10-5-7(6-19-10)11(17)15-16-12(18)8-3-1-2-4-9(8)14/h1-6H,(H,15,17)(H,16,18). The zero-order valence-electron chi connectivity index (χ0n) is 9.44. The Labute approximate surface area is 120 Å². The lowest BCUT2D eigenvalue weighted by Gasteiger charge is -2.06. The number of hydrogen-bond acceptors (Lipinski definition) is 3. The quantitative estimate of drug-likeness (QED) is 0.824. The van der Waals surface area contributed by atoms with Gasteiger partial charge in [0.15, 0.2) is 0 Å². The number of hydrogen-bond donors (Lipinski definition) is 2. The second kappa shape index (κ2) is 5.94. The number of thiophene rings is 1. The van der Waals surface area contributed by atoms with E-state index in [-0.39, 0.29) is 5.56 Å². The summed E-state index contributed by atoms with van der Waals surface area (Å²) in [5.41, 5.74) is 4.65. The number of nitrogens with one attached hydrogen (secondary N) is 2. The third-order valence-corrected chi connectivity index (χ3v) is 3.74. The highest BCUT2D eigenvalue weighted by atomic mass is 79.9. The number of halogens is 2. The monoisotopic (exact) mass is 342 g/mol. The van der Waals surface area contributed by atoms with Crippen molar-refractivity contribution in [3.63, 3.8) is 0 Å². The topological polar surface area (TPSA) is 58.2 Å². The largest absolute Gasteiger partial charge is 0.272 e. The van der Waals surface area contributed by atoms with Crippen LogP contribution in [0.5, 0.6) is 0 Å². The van der Waals surface area contributed by atoms with Crippen LogP contribution < -0.4 is 10.9 Å². The van der Waals surface area contributed by atoms with Crippen molar-refractivity contribution >= 4 is 39.1 Å². The van der Waals surface area contributed by atoms with Gasteiger partial charge in [-0.2, -0.15) is 0 Å². The van der Waals surface area contributed by atoms with Crippen molar-refractivity contribution in [2.45, 2.75) is 0 Å². The summed E-state index contributed by atoms with van der Waals surface area (Å²) >= 11 is 4.58. The van der Waals surface area contributed by atoms with E-state index in [1.54, 1.807) is 11.4 Å². The van der Waals surface area contributed by atoms with Gasteiger partial charge >= 0.3 is 0 Å². The number of benzene rings is 1. The molecule has 0 saturated carbocycles. The van der Waals surface area contributed by atoms with Crippen molar-refractivity contribution in [3.8, 4) is 0 Å². The molecular formula is C12H8BrFN2O2S. The third-order valence-electron chi connectivity index (χ3n) is 2.24. The van der Waals surface area contributed by atoms with Crippen LogP contribution in [-0.4, -0.2) is 11.8 Å². The van der Waals surface area contributed by atoms with E-state index in [1.807, 2.05) is 0 Å². The van der Waals surface area contributed by atoms with E-state index in [0.717, 1.165) is 3.79 Å². The van der Waals surface area contributed by atoms with E-state index in [0.29, 0.717) is 5.56 Å². The molecule has 2 aromatic rings. The van der Waals surface area contributed by atoms with Crippen LogP contribution in [0, 0.1) is 5.82 Å². The van der Waals surface area contributed by atoms with Crippen molar-refractivity contribution in [2.24, 2.45) is 0 Å². The number of hydrazine groups is 1. The van der Waals surface area contributed by atoms with E-state index >= 15 is 0 Å². The molecular weight excluding hydrogens is 335 g/mol. The van der Waals surface area contributed by atoms with Crippen molar-refractivity contribution in [2.75, 3.05) is 0 Å². The van der Waals surface area contributed by atoms with Gasteiger partial charge < -0.3 is 0 Å². The van der Waals surface area contributed by atoms with E-state index in [1.165, 1.54) is 35.6 Å². The van der Waals surface area contributed by atoms with Gasteiger partial charge in [0, 0.05) is 5.38 Å². The first-order valence-electron chi connectivity index (χ1n) is 5.17. The molecule has 0 aliphatic heterocycles. The summed E-state index contributed by atoms with van der Waals surface area (Å²) in [6.07, 6.45) is 0. The molecule has 0 radical (unpaired) electrons. The molecule has 7 heteroatoms. The molecule has 98 valence electrons. The highest BCUT2D eigenvalue weighted by molar-refractivity contribution is 9.11. The van der Waals surface area contributed by atoms with E-state index in [2.05, 4.69) is 26.8 Å². The predicted molar refractivity (Wildman–Crippen MR) is 73.4 cm³/mol. The Balaban J connectivity index is 1.98. The molecule has 0 aliphatic rings. The van der Waals surface area contributed by atoms with Crippen LogP contribution in [0.3, 0.4) is 0 Å².